The van der Waals surface area contributed by atoms with E-state index in [4.69, 9.17) is 4.42 Å². The predicted molar refractivity (Wildman–Crippen MR) is 140 cm³/mol. The number of nitrogens with zero attached hydrogens (tertiary/aromatic N) is 1. The lowest BCUT2D eigenvalue weighted by molar-refractivity contribution is -0.134. The van der Waals surface area contributed by atoms with Crippen LogP contribution in [0, 0.1) is 13.8 Å². The zero-order chi connectivity index (χ0) is 26.3. The van der Waals surface area contributed by atoms with Gasteiger partial charge >= 0.3 is 0 Å². The Hall–Kier alpha value is -3.98. The van der Waals surface area contributed by atoms with Crippen LogP contribution in [0.5, 0.6) is 0 Å². The molecule has 9 heteroatoms. The highest BCUT2D eigenvalue weighted by Gasteiger charge is 2.40. The van der Waals surface area contributed by atoms with E-state index >= 15 is 0 Å². The van der Waals surface area contributed by atoms with Gasteiger partial charge in [0.25, 0.3) is 5.91 Å². The van der Waals surface area contributed by atoms with Crippen LogP contribution in [0.4, 0.5) is 0 Å². The van der Waals surface area contributed by atoms with Crippen LogP contribution in [0.25, 0.3) is 11.5 Å². The van der Waals surface area contributed by atoms with E-state index in [2.05, 4.69) is 26.3 Å². The normalized spacial score (nSPS) is 14.5. The minimum absolute atomic E-state index is 0.0111. The van der Waals surface area contributed by atoms with Crippen molar-refractivity contribution in [1.82, 2.24) is 26.3 Å². The lowest BCUT2D eigenvalue weighted by Crippen LogP contribution is -2.63. The van der Waals surface area contributed by atoms with Gasteiger partial charge in [-0.2, -0.15) is 0 Å². The molecule has 3 amide bonds. The van der Waals surface area contributed by atoms with Crippen LogP contribution in [0.1, 0.15) is 40.2 Å². The van der Waals surface area contributed by atoms with Crippen molar-refractivity contribution in [3.8, 4) is 11.5 Å². The van der Waals surface area contributed by atoms with Crippen LogP contribution in [-0.4, -0.2) is 54.4 Å². The molecule has 0 saturated carbocycles. The Balaban J connectivity index is 1.33. The maximum Gasteiger partial charge on any atom is 0.251 e. The Labute approximate surface area is 216 Å². The monoisotopic (exact) mass is 503 g/mol. The summed E-state index contributed by atoms with van der Waals surface area (Å²) in [6, 6.07) is 16.8. The van der Waals surface area contributed by atoms with Crippen LogP contribution < -0.4 is 21.3 Å². The standard InChI is InChI=1S/C28H33N5O4/c1-19-8-10-21(11-9-19)25(35)30-16-17-31-27(36)28(12-14-29-15-13-28)33-24(34)18-23-20(2)37-26(32-23)22-6-4-3-5-7-22/h3-11,29H,12-18H2,1-2H3,(H,30,35)(H,31,36)(H,33,34). The molecule has 3 aromatic rings. The van der Waals surface area contributed by atoms with Gasteiger partial charge in [-0.3, -0.25) is 14.4 Å². The van der Waals surface area contributed by atoms with E-state index in [1.54, 1.807) is 19.1 Å². The first-order chi connectivity index (χ1) is 17.9. The maximum atomic E-state index is 13.2. The minimum Gasteiger partial charge on any atom is -0.441 e. The van der Waals surface area contributed by atoms with Crippen molar-refractivity contribution in [2.45, 2.75) is 38.6 Å². The van der Waals surface area contributed by atoms with Gasteiger partial charge in [0, 0.05) is 24.2 Å². The third-order valence-corrected chi connectivity index (χ3v) is 6.52. The Bertz CT molecular complexity index is 1230. The molecule has 9 nitrogen and oxygen atoms in total. The first-order valence-corrected chi connectivity index (χ1v) is 12.5. The van der Waals surface area contributed by atoms with Gasteiger partial charge < -0.3 is 25.7 Å². The number of rotatable bonds is 9. The Morgan fingerprint density at radius 1 is 0.946 bits per heavy atom. The molecule has 1 aliphatic heterocycles. The highest BCUT2D eigenvalue weighted by Crippen LogP contribution is 2.23. The molecular weight excluding hydrogens is 470 g/mol. The molecule has 1 fully saturated rings. The molecule has 1 saturated heterocycles. The third-order valence-electron chi connectivity index (χ3n) is 6.52. The lowest BCUT2D eigenvalue weighted by atomic mass is 9.87. The molecular formula is C28H33N5O4. The quantitative estimate of drug-likeness (QED) is 0.332. The van der Waals surface area contributed by atoms with Crippen LogP contribution in [-0.2, 0) is 16.0 Å². The first kappa shape index (κ1) is 26.1. The fourth-order valence-electron chi connectivity index (χ4n) is 4.35. The molecule has 1 aromatic heterocycles. The van der Waals surface area contributed by atoms with E-state index in [-0.39, 0.29) is 37.2 Å². The van der Waals surface area contributed by atoms with E-state index in [0.29, 0.717) is 48.8 Å². The SMILES string of the molecule is Cc1ccc(C(=O)NCCNC(=O)C2(NC(=O)Cc3nc(-c4ccccc4)oc3C)CCNCC2)cc1. The van der Waals surface area contributed by atoms with Gasteiger partial charge in [-0.15, -0.1) is 0 Å². The van der Waals surface area contributed by atoms with Crippen molar-refractivity contribution in [3.63, 3.8) is 0 Å². The van der Waals surface area contributed by atoms with Crippen LogP contribution >= 0.6 is 0 Å². The summed E-state index contributed by atoms with van der Waals surface area (Å²) in [5, 5.41) is 11.9. The number of oxazole rings is 1. The van der Waals surface area contributed by atoms with Gasteiger partial charge in [-0.1, -0.05) is 35.9 Å². The maximum absolute atomic E-state index is 13.2. The van der Waals surface area contributed by atoms with E-state index in [1.165, 1.54) is 0 Å². The molecule has 2 heterocycles. The van der Waals surface area contributed by atoms with E-state index in [9.17, 15) is 14.4 Å². The molecule has 1 aliphatic rings. The highest BCUT2D eigenvalue weighted by atomic mass is 16.4. The molecule has 0 unspecified atom stereocenters. The van der Waals surface area contributed by atoms with E-state index < -0.39 is 5.54 Å². The summed E-state index contributed by atoms with van der Waals surface area (Å²) < 4.78 is 5.77. The molecule has 194 valence electrons. The Kier molecular flexibility index (Phi) is 8.35. The number of hydrogen-bond acceptors (Lipinski definition) is 6. The van der Waals surface area contributed by atoms with Crippen molar-refractivity contribution in [3.05, 3.63) is 77.2 Å². The third kappa shape index (κ3) is 6.62. The van der Waals surface area contributed by atoms with Crippen LogP contribution in [0.3, 0.4) is 0 Å². The molecule has 0 bridgehead atoms. The summed E-state index contributed by atoms with van der Waals surface area (Å²) >= 11 is 0. The van der Waals surface area contributed by atoms with Crippen molar-refractivity contribution >= 4 is 17.7 Å². The molecule has 2 aromatic carbocycles. The average molecular weight is 504 g/mol. The van der Waals surface area contributed by atoms with Crippen molar-refractivity contribution in [1.29, 1.82) is 0 Å². The lowest BCUT2D eigenvalue weighted by Gasteiger charge is -2.37. The zero-order valence-corrected chi connectivity index (χ0v) is 21.2. The number of piperidine rings is 1. The van der Waals surface area contributed by atoms with E-state index in [0.717, 1.165) is 11.1 Å². The number of aryl methyl sites for hydroxylation is 2. The Morgan fingerprint density at radius 2 is 1.62 bits per heavy atom. The molecule has 0 aliphatic carbocycles. The molecule has 37 heavy (non-hydrogen) atoms. The smallest absolute Gasteiger partial charge is 0.251 e. The highest BCUT2D eigenvalue weighted by molar-refractivity contribution is 5.94. The fraction of sp³-hybridized carbons (Fsp3) is 0.357. The zero-order valence-electron chi connectivity index (χ0n) is 21.2. The van der Waals surface area contributed by atoms with Crippen molar-refractivity contribution in [2.75, 3.05) is 26.2 Å². The minimum atomic E-state index is -1.02. The van der Waals surface area contributed by atoms with Crippen molar-refractivity contribution in [2.24, 2.45) is 0 Å². The second-order valence-electron chi connectivity index (χ2n) is 9.32. The molecule has 0 radical (unpaired) electrons. The van der Waals surface area contributed by atoms with Gasteiger partial charge in [0.15, 0.2) is 0 Å². The number of carbonyl (C=O) groups excluding carboxylic acids is 3. The van der Waals surface area contributed by atoms with Crippen LogP contribution in [0.2, 0.25) is 0 Å². The molecule has 0 atom stereocenters. The van der Waals surface area contributed by atoms with Crippen molar-refractivity contribution < 1.29 is 18.8 Å². The molecule has 0 spiro atoms. The summed E-state index contributed by atoms with van der Waals surface area (Å²) in [6.07, 6.45) is 0.942. The predicted octanol–water partition coefficient (Wildman–Crippen LogP) is 2.29. The molecule has 4 N–H and O–H groups in total. The number of amides is 3. The fourth-order valence-corrected chi connectivity index (χ4v) is 4.35. The summed E-state index contributed by atoms with van der Waals surface area (Å²) in [4.78, 5) is 43.1. The largest absolute Gasteiger partial charge is 0.441 e. The van der Waals surface area contributed by atoms with Gasteiger partial charge in [0.05, 0.1) is 12.1 Å². The van der Waals surface area contributed by atoms with Gasteiger partial charge in [-0.25, -0.2) is 4.98 Å². The van der Waals surface area contributed by atoms with Gasteiger partial charge in [-0.05, 0) is 64.0 Å². The summed E-state index contributed by atoms with van der Waals surface area (Å²) in [5.74, 6) is 0.288. The molecule has 4 rings (SSSR count). The van der Waals surface area contributed by atoms with Gasteiger partial charge in [0.2, 0.25) is 17.7 Å². The summed E-state index contributed by atoms with van der Waals surface area (Å²) in [7, 11) is 0. The second-order valence-corrected chi connectivity index (χ2v) is 9.32. The van der Waals surface area contributed by atoms with Crippen LogP contribution in [0.15, 0.2) is 59.0 Å². The number of hydrogen-bond donors (Lipinski definition) is 4. The number of nitrogens with one attached hydrogen (secondary N) is 4. The number of aromatic nitrogens is 1. The summed E-state index contributed by atoms with van der Waals surface area (Å²) in [5.41, 5.74) is 2.00. The summed E-state index contributed by atoms with van der Waals surface area (Å²) in [6.45, 7) is 5.49. The first-order valence-electron chi connectivity index (χ1n) is 12.5. The van der Waals surface area contributed by atoms with Gasteiger partial charge in [0.1, 0.15) is 11.3 Å². The average Bonchev–Trinajstić information content (AvgIpc) is 3.27. The second kappa shape index (κ2) is 11.8. The topological polar surface area (TPSA) is 125 Å². The Morgan fingerprint density at radius 3 is 2.32 bits per heavy atom. The number of carbonyl (C=O) groups is 3. The van der Waals surface area contributed by atoms with E-state index in [1.807, 2.05) is 49.4 Å². The number of benzene rings is 2.